The second-order valence-electron chi connectivity index (χ2n) is 13.6. The summed E-state index contributed by atoms with van der Waals surface area (Å²) in [7, 11) is 0. The Morgan fingerprint density at radius 2 is 1.43 bits per heavy atom. The van der Waals surface area contributed by atoms with Crippen LogP contribution in [-0.4, -0.2) is 17.7 Å². The van der Waals surface area contributed by atoms with Crippen LogP contribution in [0.25, 0.3) is 0 Å². The Morgan fingerprint density at radius 3 is 1.97 bits per heavy atom. The van der Waals surface area contributed by atoms with E-state index in [1.165, 1.54) is 32.1 Å². The van der Waals surface area contributed by atoms with Gasteiger partial charge in [0.2, 0.25) is 0 Å². The zero-order chi connectivity index (χ0) is 26.1. The molecule has 1 aliphatic carbocycles. The van der Waals surface area contributed by atoms with Crippen molar-refractivity contribution in [3.63, 3.8) is 0 Å². The summed E-state index contributed by atoms with van der Waals surface area (Å²) in [6, 6.07) is 0. The molecule has 0 radical (unpaired) electrons. The molecule has 35 heavy (non-hydrogen) atoms. The van der Waals surface area contributed by atoms with Crippen molar-refractivity contribution in [1.29, 1.82) is 0 Å². The average molecular weight is 497 g/mol. The second-order valence-corrected chi connectivity index (χ2v) is 13.6. The van der Waals surface area contributed by atoms with E-state index in [2.05, 4.69) is 48.5 Å². The summed E-state index contributed by atoms with van der Waals surface area (Å²) in [5, 5.41) is 0. The van der Waals surface area contributed by atoms with Gasteiger partial charge in [-0.25, -0.2) is 19.4 Å². The van der Waals surface area contributed by atoms with E-state index in [4.69, 9.17) is 19.6 Å². The molecule has 1 saturated heterocycles. The Bertz CT molecular complexity index is 649. The van der Waals surface area contributed by atoms with Crippen molar-refractivity contribution in [1.82, 2.24) is 0 Å². The van der Waals surface area contributed by atoms with Crippen molar-refractivity contribution >= 4 is 11.9 Å². The van der Waals surface area contributed by atoms with E-state index in [1.54, 1.807) is 0 Å². The van der Waals surface area contributed by atoms with E-state index in [0.717, 1.165) is 51.4 Å². The summed E-state index contributed by atoms with van der Waals surface area (Å²) in [5.41, 5.74) is 0.523. The fourth-order valence-corrected chi connectivity index (χ4v) is 5.29. The third-order valence-corrected chi connectivity index (χ3v) is 7.59. The minimum atomic E-state index is -1.41. The molecule has 2 unspecified atom stereocenters. The first-order valence-corrected chi connectivity index (χ1v) is 14.1. The van der Waals surface area contributed by atoms with Crippen molar-refractivity contribution in [2.45, 2.75) is 144 Å². The zero-order valence-electron chi connectivity index (χ0n) is 23.6. The van der Waals surface area contributed by atoms with Gasteiger partial charge in [0.1, 0.15) is 0 Å². The van der Waals surface area contributed by atoms with Crippen LogP contribution in [0.5, 0.6) is 0 Å². The van der Waals surface area contributed by atoms with Crippen molar-refractivity contribution < 1.29 is 29.1 Å². The molecule has 6 heteroatoms. The van der Waals surface area contributed by atoms with Gasteiger partial charge in [-0.15, -0.1) is 0 Å². The van der Waals surface area contributed by atoms with Crippen LogP contribution in [0.15, 0.2) is 0 Å². The number of unbranched alkanes of at least 4 members (excludes halogenated alkanes) is 2. The molecular weight excluding hydrogens is 444 g/mol. The van der Waals surface area contributed by atoms with Crippen LogP contribution >= 0.6 is 0 Å². The molecule has 0 N–H and O–H groups in total. The molecule has 2 aliphatic rings. The van der Waals surface area contributed by atoms with E-state index < -0.39 is 17.7 Å². The van der Waals surface area contributed by atoms with E-state index in [9.17, 15) is 9.59 Å². The van der Waals surface area contributed by atoms with Crippen LogP contribution < -0.4 is 0 Å². The van der Waals surface area contributed by atoms with Gasteiger partial charge in [0, 0.05) is 6.42 Å². The van der Waals surface area contributed by atoms with Crippen molar-refractivity contribution in [2.75, 3.05) is 0 Å². The minimum Gasteiger partial charge on any atom is -0.247 e. The summed E-state index contributed by atoms with van der Waals surface area (Å²) in [6.07, 6.45) is 14.5. The van der Waals surface area contributed by atoms with Crippen molar-refractivity contribution in [2.24, 2.45) is 28.6 Å². The third kappa shape index (κ3) is 11.6. The van der Waals surface area contributed by atoms with Gasteiger partial charge in [0.05, 0.1) is 5.92 Å². The summed E-state index contributed by atoms with van der Waals surface area (Å²) >= 11 is 0. The summed E-state index contributed by atoms with van der Waals surface area (Å²) in [4.78, 5) is 45.6. The molecule has 2 fully saturated rings. The highest BCUT2D eigenvalue weighted by Gasteiger charge is 2.59. The first-order chi connectivity index (χ1) is 16.3. The fraction of sp³-hybridized carbons (Fsp3) is 0.931. The highest BCUT2D eigenvalue weighted by molar-refractivity contribution is 5.80. The van der Waals surface area contributed by atoms with Gasteiger partial charge in [0.25, 0.3) is 0 Å². The molecule has 204 valence electrons. The SMILES string of the molecule is CC(CC1CCCCC1)C(CCCCC(C)(C)C)C(=O)OOC(=O)C1(CCCCC(C)(C)C)OO1. The third-order valence-electron chi connectivity index (χ3n) is 7.59. The van der Waals surface area contributed by atoms with Crippen LogP contribution in [-0.2, 0) is 29.1 Å². The molecule has 1 aliphatic heterocycles. The summed E-state index contributed by atoms with van der Waals surface area (Å²) in [6.45, 7) is 15.4. The Kier molecular flexibility index (Phi) is 11.5. The predicted octanol–water partition coefficient (Wildman–Crippen LogP) is 8.08. The Hall–Kier alpha value is -1.14. The minimum absolute atomic E-state index is 0.193. The normalized spacial score (nSPS) is 20.2. The molecule has 1 saturated carbocycles. The maximum Gasteiger partial charge on any atom is 0.420 e. The van der Waals surface area contributed by atoms with Crippen molar-refractivity contribution in [3.8, 4) is 0 Å². The van der Waals surface area contributed by atoms with Gasteiger partial charge in [-0.2, -0.15) is 9.78 Å². The van der Waals surface area contributed by atoms with E-state index in [1.807, 2.05) is 0 Å². The van der Waals surface area contributed by atoms with Crippen molar-refractivity contribution in [3.05, 3.63) is 0 Å². The maximum absolute atomic E-state index is 13.1. The largest absolute Gasteiger partial charge is 0.420 e. The molecule has 0 aromatic rings. The standard InChI is InChI=1S/C29H52O6/c1-22(21-23-15-9-8-10-16-23)24(17-11-12-18-27(2,3)4)25(30)32-33-26(31)29(34-35-29)20-14-13-19-28(5,6)7/h22-24H,8-21H2,1-7H3. The second kappa shape index (κ2) is 13.4. The topological polar surface area (TPSA) is 77.7 Å². The first-order valence-electron chi connectivity index (χ1n) is 14.1. The van der Waals surface area contributed by atoms with Gasteiger partial charge >= 0.3 is 17.7 Å². The molecule has 6 nitrogen and oxygen atoms in total. The molecular formula is C29H52O6. The molecule has 0 spiro atoms. The lowest BCUT2D eigenvalue weighted by Crippen LogP contribution is -2.31. The Morgan fingerprint density at radius 1 is 0.857 bits per heavy atom. The van der Waals surface area contributed by atoms with E-state index in [0.29, 0.717) is 12.3 Å². The number of carbonyl (C=O) groups excluding carboxylic acids is 2. The maximum atomic E-state index is 13.1. The first kappa shape index (κ1) is 30.1. The van der Waals surface area contributed by atoms with Crippen LogP contribution in [0.2, 0.25) is 0 Å². The van der Waals surface area contributed by atoms with Crippen LogP contribution in [0.4, 0.5) is 0 Å². The molecule has 1 heterocycles. The number of hydrogen-bond acceptors (Lipinski definition) is 6. The summed E-state index contributed by atoms with van der Waals surface area (Å²) < 4.78 is 0. The Labute approximate surface area is 214 Å². The monoisotopic (exact) mass is 496 g/mol. The Balaban J connectivity index is 1.85. The van der Waals surface area contributed by atoms with Crippen LogP contribution in [0.1, 0.15) is 138 Å². The molecule has 2 atom stereocenters. The van der Waals surface area contributed by atoms with Gasteiger partial charge in [-0.1, -0.05) is 99.8 Å². The van der Waals surface area contributed by atoms with Gasteiger partial charge < -0.3 is 0 Å². The molecule has 0 bridgehead atoms. The average Bonchev–Trinajstić information content (AvgIpc) is 3.55. The number of carbonyl (C=O) groups is 2. The molecule has 2 rings (SSSR count). The molecule has 0 aromatic heterocycles. The van der Waals surface area contributed by atoms with E-state index >= 15 is 0 Å². The highest BCUT2D eigenvalue weighted by atomic mass is 17.4. The predicted molar refractivity (Wildman–Crippen MR) is 137 cm³/mol. The fourth-order valence-electron chi connectivity index (χ4n) is 5.29. The van der Waals surface area contributed by atoms with Crippen LogP contribution in [0, 0.1) is 28.6 Å². The molecule has 0 amide bonds. The number of hydrogen-bond donors (Lipinski definition) is 0. The van der Waals surface area contributed by atoms with Gasteiger partial charge in [-0.3, -0.25) is 0 Å². The highest BCUT2D eigenvalue weighted by Crippen LogP contribution is 2.38. The number of rotatable bonds is 13. The van der Waals surface area contributed by atoms with E-state index in [-0.39, 0.29) is 22.7 Å². The smallest absolute Gasteiger partial charge is 0.247 e. The molecule has 0 aromatic carbocycles. The van der Waals surface area contributed by atoms with Crippen LogP contribution in [0.3, 0.4) is 0 Å². The lowest BCUT2D eigenvalue weighted by atomic mass is 9.77. The van der Waals surface area contributed by atoms with Gasteiger partial charge in [0.15, 0.2) is 0 Å². The quantitative estimate of drug-likeness (QED) is 0.111. The summed E-state index contributed by atoms with van der Waals surface area (Å²) in [5.74, 6) is -2.02. The lowest BCUT2D eigenvalue weighted by molar-refractivity contribution is -0.268. The lowest BCUT2D eigenvalue weighted by Gasteiger charge is -2.28. The van der Waals surface area contributed by atoms with Gasteiger partial charge in [-0.05, 0) is 54.8 Å². The zero-order valence-corrected chi connectivity index (χ0v) is 23.6.